The van der Waals surface area contributed by atoms with Crippen LogP contribution in [0.1, 0.15) is 25.7 Å². The van der Waals surface area contributed by atoms with Crippen molar-refractivity contribution in [3.05, 3.63) is 30.1 Å². The van der Waals surface area contributed by atoms with Gasteiger partial charge in [0.2, 0.25) is 15.9 Å². The third kappa shape index (κ3) is 5.49. The van der Waals surface area contributed by atoms with Gasteiger partial charge in [0.25, 0.3) is 0 Å². The smallest absolute Gasteiger partial charge is 0.242 e. The molecule has 1 unspecified atom stereocenters. The average molecular weight is 386 g/mol. The Kier molecular flexibility index (Phi) is 7.55. The maximum Gasteiger partial charge on any atom is 0.242 e. The van der Waals surface area contributed by atoms with Crippen molar-refractivity contribution in [2.75, 3.05) is 40.3 Å². The van der Waals surface area contributed by atoms with Gasteiger partial charge in [0.1, 0.15) is 5.82 Å². The van der Waals surface area contributed by atoms with Crippen LogP contribution in [0.3, 0.4) is 0 Å². The van der Waals surface area contributed by atoms with Gasteiger partial charge in [0, 0.05) is 33.1 Å². The van der Waals surface area contributed by atoms with Crippen LogP contribution in [0.5, 0.6) is 0 Å². The second kappa shape index (κ2) is 9.43. The van der Waals surface area contributed by atoms with E-state index in [2.05, 4.69) is 5.32 Å². The predicted molar refractivity (Wildman–Crippen MR) is 98.7 cm³/mol. The van der Waals surface area contributed by atoms with Crippen LogP contribution in [-0.2, 0) is 14.8 Å². The lowest BCUT2D eigenvalue weighted by Gasteiger charge is -2.33. The summed E-state index contributed by atoms with van der Waals surface area (Å²) >= 11 is 0. The molecule has 1 aromatic carbocycles. The lowest BCUT2D eigenvalue weighted by molar-refractivity contribution is -0.133. The third-order valence-corrected chi connectivity index (χ3v) is 6.62. The number of hydrogen-bond donors (Lipinski definition) is 1. The lowest BCUT2D eigenvalue weighted by atomic mass is 9.97. The Morgan fingerprint density at radius 3 is 2.69 bits per heavy atom. The predicted octanol–water partition coefficient (Wildman–Crippen LogP) is 1.68. The van der Waals surface area contributed by atoms with Gasteiger partial charge in [0.05, 0.1) is 4.90 Å². The second-order valence-electron chi connectivity index (χ2n) is 6.79. The van der Waals surface area contributed by atoms with E-state index in [9.17, 15) is 17.6 Å². The number of carbonyl (C=O) groups is 1. The van der Waals surface area contributed by atoms with Crippen molar-refractivity contribution in [1.29, 1.82) is 0 Å². The number of rotatable bonds is 8. The van der Waals surface area contributed by atoms with Crippen molar-refractivity contribution in [3.8, 4) is 0 Å². The Hall–Kier alpha value is -1.51. The molecule has 1 aromatic rings. The molecule has 6 nitrogen and oxygen atoms in total. The Balaban J connectivity index is 1.82. The van der Waals surface area contributed by atoms with E-state index in [1.165, 1.54) is 23.5 Å². The Bertz CT molecular complexity index is 692. The largest absolute Gasteiger partial charge is 0.342 e. The molecule has 1 fully saturated rings. The van der Waals surface area contributed by atoms with E-state index < -0.39 is 15.8 Å². The fourth-order valence-corrected chi connectivity index (χ4v) is 4.47. The van der Waals surface area contributed by atoms with Crippen molar-refractivity contribution in [3.63, 3.8) is 0 Å². The molecule has 0 spiro atoms. The summed E-state index contributed by atoms with van der Waals surface area (Å²) in [5, 5.41) is 3.16. The van der Waals surface area contributed by atoms with E-state index in [0.717, 1.165) is 44.6 Å². The molecular weight excluding hydrogens is 357 g/mol. The molecule has 0 bridgehead atoms. The standard InChI is InChI=1S/C18H28FN3O3S/c1-20-13-15-5-3-12-22(14-15)18(23)6-4-11-21(2)26(24,25)17-9-7-16(19)8-10-17/h7-10,15,20H,3-6,11-14H2,1-2H3. The summed E-state index contributed by atoms with van der Waals surface area (Å²) in [6.45, 7) is 2.70. The minimum absolute atomic E-state index is 0.0543. The van der Waals surface area contributed by atoms with E-state index in [4.69, 9.17) is 0 Å². The maximum atomic E-state index is 13.0. The Morgan fingerprint density at radius 2 is 2.04 bits per heavy atom. The maximum absolute atomic E-state index is 13.0. The number of nitrogens with zero attached hydrogens (tertiary/aromatic N) is 2. The highest BCUT2D eigenvalue weighted by atomic mass is 32.2. The molecule has 1 N–H and O–H groups in total. The highest BCUT2D eigenvalue weighted by molar-refractivity contribution is 7.89. The fraction of sp³-hybridized carbons (Fsp3) is 0.611. The van der Waals surface area contributed by atoms with E-state index in [0.29, 0.717) is 18.8 Å². The molecule has 1 amide bonds. The van der Waals surface area contributed by atoms with Gasteiger partial charge < -0.3 is 10.2 Å². The molecule has 8 heteroatoms. The molecule has 2 rings (SSSR count). The van der Waals surface area contributed by atoms with Crippen molar-refractivity contribution in [2.45, 2.75) is 30.6 Å². The topological polar surface area (TPSA) is 69.7 Å². The number of amides is 1. The fourth-order valence-electron chi connectivity index (χ4n) is 3.26. The number of hydrogen-bond acceptors (Lipinski definition) is 4. The van der Waals surface area contributed by atoms with Crippen LogP contribution in [0, 0.1) is 11.7 Å². The number of nitrogens with one attached hydrogen (secondary N) is 1. The molecule has 146 valence electrons. The second-order valence-corrected chi connectivity index (χ2v) is 8.83. The van der Waals surface area contributed by atoms with E-state index in [1.54, 1.807) is 0 Å². The molecule has 0 aliphatic carbocycles. The number of piperidine rings is 1. The summed E-state index contributed by atoms with van der Waals surface area (Å²) < 4.78 is 39.1. The van der Waals surface area contributed by atoms with Crippen molar-refractivity contribution < 1.29 is 17.6 Å². The molecular formula is C18H28FN3O3S. The quantitative estimate of drug-likeness (QED) is 0.739. The molecule has 26 heavy (non-hydrogen) atoms. The zero-order valence-corrected chi connectivity index (χ0v) is 16.3. The van der Waals surface area contributed by atoms with Crippen LogP contribution in [0.2, 0.25) is 0 Å². The van der Waals surface area contributed by atoms with E-state index in [-0.39, 0.29) is 17.3 Å². The molecule has 1 aliphatic heterocycles. The van der Waals surface area contributed by atoms with E-state index >= 15 is 0 Å². The summed E-state index contributed by atoms with van der Waals surface area (Å²) in [6, 6.07) is 4.76. The average Bonchev–Trinajstić information content (AvgIpc) is 2.62. The normalized spacial score (nSPS) is 18.3. The van der Waals surface area contributed by atoms with Crippen LogP contribution in [-0.4, -0.2) is 63.8 Å². The highest BCUT2D eigenvalue weighted by Crippen LogP contribution is 2.18. The Labute approximate surface area is 155 Å². The van der Waals surface area contributed by atoms with Gasteiger partial charge in [-0.2, -0.15) is 0 Å². The monoisotopic (exact) mass is 385 g/mol. The summed E-state index contributed by atoms with van der Waals surface area (Å²) in [4.78, 5) is 14.3. The number of likely N-dealkylation sites (tertiary alicyclic amines) is 1. The number of carbonyl (C=O) groups excluding carboxylic acids is 1. The Morgan fingerprint density at radius 1 is 1.35 bits per heavy atom. The molecule has 0 radical (unpaired) electrons. The van der Waals surface area contributed by atoms with Crippen LogP contribution in [0.25, 0.3) is 0 Å². The van der Waals surface area contributed by atoms with Crippen molar-refractivity contribution in [1.82, 2.24) is 14.5 Å². The molecule has 1 aliphatic rings. The minimum Gasteiger partial charge on any atom is -0.342 e. The summed E-state index contributed by atoms with van der Waals surface area (Å²) in [6.07, 6.45) is 2.93. The first-order valence-electron chi connectivity index (χ1n) is 8.99. The number of halogens is 1. The van der Waals surface area contributed by atoms with Crippen LogP contribution in [0.4, 0.5) is 4.39 Å². The van der Waals surface area contributed by atoms with Crippen LogP contribution < -0.4 is 5.32 Å². The zero-order chi connectivity index (χ0) is 19.2. The molecule has 0 aromatic heterocycles. The number of benzene rings is 1. The van der Waals surface area contributed by atoms with Crippen LogP contribution >= 0.6 is 0 Å². The molecule has 1 heterocycles. The van der Waals surface area contributed by atoms with Gasteiger partial charge in [-0.05, 0) is 63.0 Å². The lowest BCUT2D eigenvalue weighted by Crippen LogP contribution is -2.42. The van der Waals surface area contributed by atoms with Crippen molar-refractivity contribution >= 4 is 15.9 Å². The van der Waals surface area contributed by atoms with Gasteiger partial charge in [-0.3, -0.25) is 4.79 Å². The molecule has 1 atom stereocenters. The third-order valence-electron chi connectivity index (χ3n) is 4.75. The SMILES string of the molecule is CNCC1CCCN(C(=O)CCCN(C)S(=O)(=O)c2ccc(F)cc2)C1. The van der Waals surface area contributed by atoms with Gasteiger partial charge in [-0.1, -0.05) is 0 Å². The summed E-state index contributed by atoms with van der Waals surface area (Å²) in [5.74, 6) is 0.0907. The van der Waals surface area contributed by atoms with Crippen LogP contribution in [0.15, 0.2) is 29.2 Å². The van der Waals surface area contributed by atoms with Gasteiger partial charge in [-0.15, -0.1) is 0 Å². The zero-order valence-electron chi connectivity index (χ0n) is 15.4. The first kappa shape index (κ1) is 20.8. The first-order valence-corrected chi connectivity index (χ1v) is 10.4. The summed E-state index contributed by atoms with van der Waals surface area (Å²) in [5.41, 5.74) is 0. The van der Waals surface area contributed by atoms with Gasteiger partial charge in [-0.25, -0.2) is 17.1 Å². The van der Waals surface area contributed by atoms with Gasteiger partial charge >= 0.3 is 0 Å². The van der Waals surface area contributed by atoms with Crippen molar-refractivity contribution in [2.24, 2.45) is 5.92 Å². The van der Waals surface area contributed by atoms with Gasteiger partial charge in [0.15, 0.2) is 0 Å². The number of sulfonamides is 1. The summed E-state index contributed by atoms with van der Waals surface area (Å²) in [7, 11) is -0.267. The molecule has 0 saturated carbocycles. The minimum atomic E-state index is -3.66. The highest BCUT2D eigenvalue weighted by Gasteiger charge is 2.24. The molecule has 1 saturated heterocycles. The van der Waals surface area contributed by atoms with E-state index in [1.807, 2.05) is 11.9 Å². The first-order chi connectivity index (χ1) is 12.3.